The van der Waals surface area contributed by atoms with Crippen LogP contribution < -0.4 is 4.80 Å². The molecule has 0 spiro atoms. The molecule has 1 heterocycles. The lowest BCUT2D eigenvalue weighted by Gasteiger charge is -2.06. The Hall–Kier alpha value is -1.95. The zero-order valence-electron chi connectivity index (χ0n) is 12.6. The second-order valence-corrected chi connectivity index (χ2v) is 5.82. The van der Waals surface area contributed by atoms with Gasteiger partial charge in [0.25, 0.3) is 0 Å². The van der Waals surface area contributed by atoms with Gasteiger partial charge in [0.15, 0.2) is 4.80 Å². The number of nitrogens with zero attached hydrogens (tertiary/aromatic N) is 2. The van der Waals surface area contributed by atoms with E-state index in [9.17, 15) is 9.59 Å². The van der Waals surface area contributed by atoms with Gasteiger partial charge in [-0.3, -0.25) is 9.59 Å². The first-order valence-electron chi connectivity index (χ1n) is 6.74. The van der Waals surface area contributed by atoms with Crippen molar-refractivity contribution in [3.8, 4) is 0 Å². The summed E-state index contributed by atoms with van der Waals surface area (Å²) in [6, 6.07) is 4.07. The topological polar surface area (TPSA) is 60.7 Å². The number of esters is 1. The van der Waals surface area contributed by atoms with Crippen molar-refractivity contribution in [3.63, 3.8) is 0 Å². The Morgan fingerprint density at radius 3 is 2.57 bits per heavy atom. The summed E-state index contributed by atoms with van der Waals surface area (Å²) in [6.07, 6.45) is 0. The minimum absolute atomic E-state index is 0.0580. The van der Waals surface area contributed by atoms with Crippen LogP contribution in [0.3, 0.4) is 0 Å². The van der Waals surface area contributed by atoms with Crippen LogP contribution in [0.5, 0.6) is 0 Å². The Bertz CT molecular complexity index is 771. The number of rotatable bonds is 3. The molecule has 0 saturated carbocycles. The number of ether oxygens (including phenoxy) is 1. The van der Waals surface area contributed by atoms with E-state index in [1.54, 1.807) is 11.5 Å². The summed E-state index contributed by atoms with van der Waals surface area (Å²) in [7, 11) is 0. The zero-order valence-corrected chi connectivity index (χ0v) is 13.4. The first-order valence-corrected chi connectivity index (χ1v) is 7.55. The van der Waals surface area contributed by atoms with E-state index < -0.39 is 0 Å². The van der Waals surface area contributed by atoms with Crippen molar-refractivity contribution in [2.75, 3.05) is 6.61 Å². The van der Waals surface area contributed by atoms with Gasteiger partial charge >= 0.3 is 5.97 Å². The van der Waals surface area contributed by atoms with Crippen LogP contribution in [0, 0.1) is 13.8 Å². The van der Waals surface area contributed by atoms with E-state index in [2.05, 4.69) is 11.1 Å². The fourth-order valence-corrected chi connectivity index (χ4v) is 3.18. The minimum Gasteiger partial charge on any atom is -0.465 e. The molecule has 0 radical (unpaired) electrons. The minimum atomic E-state index is -0.333. The summed E-state index contributed by atoms with van der Waals surface area (Å²) in [5.41, 5.74) is 3.20. The van der Waals surface area contributed by atoms with Gasteiger partial charge in [0.2, 0.25) is 5.91 Å². The number of aryl methyl sites for hydroxylation is 2. The number of aromatic nitrogens is 1. The van der Waals surface area contributed by atoms with Crippen LogP contribution in [-0.2, 0) is 20.9 Å². The number of carbonyl (C=O) groups is 2. The van der Waals surface area contributed by atoms with E-state index >= 15 is 0 Å². The van der Waals surface area contributed by atoms with Gasteiger partial charge in [-0.05, 0) is 44.0 Å². The quantitative estimate of drug-likeness (QED) is 0.818. The number of thiazole rings is 1. The monoisotopic (exact) mass is 306 g/mol. The molecule has 0 aliphatic heterocycles. The highest BCUT2D eigenvalue weighted by molar-refractivity contribution is 7.16. The van der Waals surface area contributed by atoms with E-state index in [1.165, 1.54) is 23.8 Å². The second kappa shape index (κ2) is 6.22. The van der Waals surface area contributed by atoms with Crippen molar-refractivity contribution >= 4 is 33.4 Å². The molecule has 5 nitrogen and oxygen atoms in total. The van der Waals surface area contributed by atoms with Crippen LogP contribution in [0.1, 0.15) is 25.0 Å². The molecule has 0 bridgehead atoms. The SMILES string of the molecule is CCOC(=O)Cn1c(=NC(C)=O)sc2cc(C)c(C)cc21. The predicted octanol–water partition coefficient (Wildman–Crippen LogP) is 2.33. The maximum atomic E-state index is 11.8. The van der Waals surface area contributed by atoms with Crippen molar-refractivity contribution in [2.45, 2.75) is 34.2 Å². The smallest absolute Gasteiger partial charge is 0.326 e. The lowest BCUT2D eigenvalue weighted by atomic mass is 10.1. The fraction of sp³-hybridized carbons (Fsp3) is 0.400. The van der Waals surface area contributed by atoms with E-state index in [-0.39, 0.29) is 18.4 Å². The summed E-state index contributed by atoms with van der Waals surface area (Å²) in [4.78, 5) is 27.6. The lowest BCUT2D eigenvalue weighted by Crippen LogP contribution is -2.22. The highest BCUT2D eigenvalue weighted by atomic mass is 32.1. The Labute approximate surface area is 126 Å². The van der Waals surface area contributed by atoms with E-state index in [0.717, 1.165) is 15.8 Å². The summed E-state index contributed by atoms with van der Waals surface area (Å²) < 4.78 is 7.74. The van der Waals surface area contributed by atoms with Gasteiger partial charge in [-0.15, -0.1) is 0 Å². The Kier molecular flexibility index (Phi) is 4.57. The van der Waals surface area contributed by atoms with Gasteiger partial charge in [0, 0.05) is 6.92 Å². The maximum Gasteiger partial charge on any atom is 0.326 e. The van der Waals surface area contributed by atoms with Crippen LogP contribution in [0.4, 0.5) is 0 Å². The Morgan fingerprint density at radius 2 is 1.95 bits per heavy atom. The average Bonchev–Trinajstić information content (AvgIpc) is 2.67. The van der Waals surface area contributed by atoms with E-state index in [1.807, 2.05) is 19.9 Å². The molecule has 0 aliphatic carbocycles. The third-order valence-corrected chi connectivity index (χ3v) is 4.19. The molecule has 0 aliphatic rings. The average molecular weight is 306 g/mol. The summed E-state index contributed by atoms with van der Waals surface area (Å²) in [5, 5.41) is 0. The van der Waals surface area contributed by atoms with Gasteiger partial charge in [0.05, 0.1) is 16.8 Å². The summed E-state index contributed by atoms with van der Waals surface area (Å²) in [6.45, 7) is 7.61. The number of benzene rings is 1. The molecule has 2 aromatic rings. The predicted molar refractivity (Wildman–Crippen MR) is 82.2 cm³/mol. The van der Waals surface area contributed by atoms with Gasteiger partial charge in [0.1, 0.15) is 6.54 Å². The molecule has 1 aromatic heterocycles. The van der Waals surface area contributed by atoms with Crippen molar-refractivity contribution in [1.82, 2.24) is 4.57 Å². The first-order chi connectivity index (χ1) is 9.92. The summed E-state index contributed by atoms with van der Waals surface area (Å²) in [5.74, 6) is -0.618. The second-order valence-electron chi connectivity index (χ2n) is 4.81. The zero-order chi connectivity index (χ0) is 15.6. The number of amides is 1. The van der Waals surface area contributed by atoms with Crippen molar-refractivity contribution in [1.29, 1.82) is 0 Å². The van der Waals surface area contributed by atoms with E-state index in [0.29, 0.717) is 11.4 Å². The largest absolute Gasteiger partial charge is 0.465 e. The molecule has 0 N–H and O–H groups in total. The number of fused-ring (bicyclic) bond motifs is 1. The molecular weight excluding hydrogens is 288 g/mol. The van der Waals surface area contributed by atoms with Gasteiger partial charge < -0.3 is 9.30 Å². The molecule has 112 valence electrons. The number of hydrogen-bond donors (Lipinski definition) is 0. The molecule has 1 amide bonds. The van der Waals surface area contributed by atoms with Crippen molar-refractivity contribution in [2.24, 2.45) is 4.99 Å². The number of hydrogen-bond acceptors (Lipinski definition) is 4. The molecule has 0 saturated heterocycles. The summed E-state index contributed by atoms with van der Waals surface area (Å²) >= 11 is 1.40. The highest BCUT2D eigenvalue weighted by Gasteiger charge is 2.12. The fourth-order valence-electron chi connectivity index (χ4n) is 2.03. The standard InChI is InChI=1S/C15H18N2O3S/c1-5-20-14(19)8-17-12-6-9(2)10(3)7-13(12)21-15(17)16-11(4)18/h6-7H,5,8H2,1-4H3. The highest BCUT2D eigenvalue weighted by Crippen LogP contribution is 2.22. The molecule has 0 unspecified atom stereocenters. The maximum absolute atomic E-state index is 11.8. The molecular formula is C15H18N2O3S. The molecule has 0 atom stereocenters. The third kappa shape index (κ3) is 3.39. The Morgan fingerprint density at radius 1 is 1.29 bits per heavy atom. The first kappa shape index (κ1) is 15.4. The van der Waals surface area contributed by atoms with Crippen LogP contribution >= 0.6 is 11.3 Å². The van der Waals surface area contributed by atoms with Crippen molar-refractivity contribution < 1.29 is 14.3 Å². The molecule has 6 heteroatoms. The molecule has 1 aromatic carbocycles. The van der Waals surface area contributed by atoms with Crippen LogP contribution in [-0.4, -0.2) is 23.1 Å². The van der Waals surface area contributed by atoms with Crippen LogP contribution in [0.15, 0.2) is 17.1 Å². The molecule has 21 heavy (non-hydrogen) atoms. The third-order valence-electron chi connectivity index (χ3n) is 3.14. The van der Waals surface area contributed by atoms with Gasteiger partial charge in [-0.25, -0.2) is 0 Å². The van der Waals surface area contributed by atoms with E-state index in [4.69, 9.17) is 4.74 Å². The lowest BCUT2D eigenvalue weighted by molar-refractivity contribution is -0.143. The van der Waals surface area contributed by atoms with Crippen LogP contribution in [0.25, 0.3) is 10.2 Å². The van der Waals surface area contributed by atoms with Gasteiger partial charge in [-0.1, -0.05) is 11.3 Å². The molecule has 2 rings (SSSR count). The number of carbonyl (C=O) groups excluding carboxylic acids is 2. The Balaban J connectivity index is 2.65. The normalized spacial score (nSPS) is 11.9. The van der Waals surface area contributed by atoms with Gasteiger partial charge in [-0.2, -0.15) is 4.99 Å². The van der Waals surface area contributed by atoms with Crippen molar-refractivity contribution in [3.05, 3.63) is 28.1 Å². The molecule has 0 fully saturated rings. The van der Waals surface area contributed by atoms with Crippen LogP contribution in [0.2, 0.25) is 0 Å².